The minimum Gasteiger partial charge on any atom is -0.748 e. The van der Waals surface area contributed by atoms with Gasteiger partial charge in [0.25, 0.3) is 0 Å². The molecule has 0 heterocycles. The first-order valence-corrected chi connectivity index (χ1v) is 7.12. The van der Waals surface area contributed by atoms with Gasteiger partial charge in [0.05, 0.1) is 37.7 Å². The van der Waals surface area contributed by atoms with E-state index in [4.69, 9.17) is 22.8 Å². The lowest BCUT2D eigenvalue weighted by molar-refractivity contribution is -0.873. The lowest BCUT2D eigenvalue weighted by Gasteiger charge is -2.28. The molecule has 0 aromatic carbocycles. The van der Waals surface area contributed by atoms with E-state index in [1.54, 1.807) is 0 Å². The van der Waals surface area contributed by atoms with E-state index in [2.05, 4.69) is 0 Å². The molecule has 0 unspecified atom stereocenters. The number of ether oxygens (including phenoxy) is 1. The maximum Gasteiger partial charge on any atom is 0.307 e. The second-order valence-electron chi connectivity index (χ2n) is 5.01. The summed E-state index contributed by atoms with van der Waals surface area (Å²) in [5.74, 6) is -1.39. The van der Waals surface area contributed by atoms with Crippen molar-refractivity contribution in [3.8, 4) is 0 Å². The maximum absolute atomic E-state index is 10.7. The molecule has 0 radical (unpaired) electrons. The van der Waals surface area contributed by atoms with Crippen LogP contribution in [0.15, 0.2) is 0 Å². The lowest BCUT2D eigenvalue weighted by atomic mass is 10.2. The van der Waals surface area contributed by atoms with E-state index in [9.17, 15) is 9.59 Å². The molecule has 0 rings (SSSR count). The normalized spacial score (nSPS) is 12.9. The van der Waals surface area contributed by atoms with Crippen LogP contribution in [0, 0.1) is 0 Å². The molecule has 0 bridgehead atoms. The molecule has 0 aromatic rings. The molecule has 0 fully saturated rings. The summed E-state index contributed by atoms with van der Waals surface area (Å²) < 4.78 is 32.7. The van der Waals surface area contributed by atoms with Crippen LogP contribution in [-0.2, 0) is 24.4 Å². The van der Waals surface area contributed by atoms with Crippen molar-refractivity contribution < 1.29 is 36.9 Å². The summed E-state index contributed by atoms with van der Waals surface area (Å²) >= 11 is 0. The molecular weight excluding hydrogens is 278 g/mol. The Balaban J connectivity index is 0. The Bertz CT molecular complexity index is 373. The predicted octanol–water partition coefficient (Wildman–Crippen LogP) is -0.740. The Kier molecular flexibility index (Phi) is 8.56. The zero-order valence-corrected chi connectivity index (χ0v) is 12.6. The van der Waals surface area contributed by atoms with Gasteiger partial charge in [-0.2, -0.15) is 0 Å². The number of likely N-dealkylation sites (N-methyl/N-ethyl adjacent to an activating group) is 1. The van der Waals surface area contributed by atoms with Gasteiger partial charge in [-0.15, -0.1) is 0 Å². The fourth-order valence-electron chi connectivity index (χ4n) is 1.18. The highest BCUT2D eigenvalue weighted by atomic mass is 32.2. The number of aliphatic carboxylic acids is 1. The van der Waals surface area contributed by atoms with Crippen molar-refractivity contribution >= 4 is 22.1 Å². The highest BCUT2D eigenvalue weighted by Gasteiger charge is 2.23. The number of hydrogen-bond donors (Lipinski definition) is 1. The molecule has 0 spiro atoms. The number of carbonyl (C=O) groups is 2. The molecule has 19 heavy (non-hydrogen) atoms. The summed E-state index contributed by atoms with van der Waals surface area (Å²) in [6.07, 6.45) is -0.0905. The molecule has 1 atom stereocenters. The summed E-state index contributed by atoms with van der Waals surface area (Å²) in [6, 6.07) is 0. The number of rotatable bonds is 5. The number of carboxylic acid groups (broad SMARTS) is 1. The zero-order chi connectivity index (χ0) is 15.9. The standard InChI is InChI=1S/C9H17NO4.CH4O3S/c1-7(11)14-8(5-9(12)13)6-10(2,3)4;1-5(2,3)4/h8H,5-6H2,1-4H3;1H3,(H,2,3,4)/t8-;/m1./s1. The van der Waals surface area contributed by atoms with Crippen LogP contribution >= 0.6 is 0 Å². The van der Waals surface area contributed by atoms with Gasteiger partial charge < -0.3 is 18.9 Å². The van der Waals surface area contributed by atoms with Gasteiger partial charge in [-0.1, -0.05) is 0 Å². The summed E-state index contributed by atoms with van der Waals surface area (Å²) in [4.78, 5) is 21.2. The average Bonchev–Trinajstić information content (AvgIpc) is 1.91. The van der Waals surface area contributed by atoms with E-state index < -0.39 is 28.2 Å². The molecule has 114 valence electrons. The van der Waals surface area contributed by atoms with Crippen molar-refractivity contribution in [2.24, 2.45) is 0 Å². The van der Waals surface area contributed by atoms with Crippen LogP contribution in [0.3, 0.4) is 0 Å². The molecule has 0 aromatic heterocycles. The fourth-order valence-corrected chi connectivity index (χ4v) is 1.18. The highest BCUT2D eigenvalue weighted by molar-refractivity contribution is 7.84. The zero-order valence-electron chi connectivity index (χ0n) is 11.7. The second-order valence-corrected chi connectivity index (χ2v) is 6.41. The van der Waals surface area contributed by atoms with Gasteiger partial charge in [-0.3, -0.25) is 9.59 Å². The third-order valence-corrected chi connectivity index (χ3v) is 1.49. The van der Waals surface area contributed by atoms with Gasteiger partial charge in [0, 0.05) is 13.2 Å². The predicted molar refractivity (Wildman–Crippen MR) is 66.3 cm³/mol. The van der Waals surface area contributed by atoms with Gasteiger partial charge in [-0.05, 0) is 0 Å². The van der Waals surface area contributed by atoms with Crippen molar-refractivity contribution in [1.29, 1.82) is 0 Å². The first-order chi connectivity index (χ1) is 8.20. The van der Waals surface area contributed by atoms with E-state index in [1.165, 1.54) is 6.92 Å². The van der Waals surface area contributed by atoms with Crippen molar-refractivity contribution in [3.05, 3.63) is 0 Å². The van der Waals surface area contributed by atoms with Crippen molar-refractivity contribution in [1.82, 2.24) is 0 Å². The van der Waals surface area contributed by atoms with Crippen molar-refractivity contribution in [2.75, 3.05) is 33.9 Å². The van der Waals surface area contributed by atoms with Gasteiger partial charge in [0.1, 0.15) is 6.54 Å². The van der Waals surface area contributed by atoms with Gasteiger partial charge in [0.15, 0.2) is 6.10 Å². The third kappa shape index (κ3) is 26.4. The van der Waals surface area contributed by atoms with Crippen LogP contribution in [0.4, 0.5) is 0 Å². The fraction of sp³-hybridized carbons (Fsp3) is 0.800. The number of hydrogen-bond acceptors (Lipinski definition) is 6. The number of carbonyl (C=O) groups excluding carboxylic acids is 1. The molecule has 0 saturated heterocycles. The van der Waals surface area contributed by atoms with Gasteiger partial charge >= 0.3 is 11.9 Å². The molecule has 0 aliphatic carbocycles. The minimum absolute atomic E-state index is 0.144. The Hall–Kier alpha value is -1.19. The quantitative estimate of drug-likeness (QED) is 0.403. The summed E-state index contributed by atoms with van der Waals surface area (Å²) in [5.41, 5.74) is 0. The van der Waals surface area contributed by atoms with Crippen LogP contribution < -0.4 is 0 Å². The Morgan fingerprint density at radius 2 is 1.68 bits per heavy atom. The van der Waals surface area contributed by atoms with Crippen LogP contribution in [0.2, 0.25) is 0 Å². The highest BCUT2D eigenvalue weighted by Crippen LogP contribution is 2.04. The average molecular weight is 299 g/mol. The maximum atomic E-state index is 10.7. The third-order valence-electron chi connectivity index (χ3n) is 1.49. The van der Waals surface area contributed by atoms with E-state index in [0.29, 0.717) is 17.3 Å². The molecule has 0 amide bonds. The minimum atomic E-state index is -3.92. The summed E-state index contributed by atoms with van der Waals surface area (Å²) in [7, 11) is 1.83. The Morgan fingerprint density at radius 3 is 1.89 bits per heavy atom. The van der Waals surface area contributed by atoms with Crippen LogP contribution in [-0.4, -0.2) is 74.5 Å². The Morgan fingerprint density at radius 1 is 1.32 bits per heavy atom. The van der Waals surface area contributed by atoms with Crippen LogP contribution in [0.1, 0.15) is 13.3 Å². The van der Waals surface area contributed by atoms with Crippen molar-refractivity contribution in [2.45, 2.75) is 19.4 Å². The van der Waals surface area contributed by atoms with Gasteiger partial charge in [-0.25, -0.2) is 8.42 Å². The van der Waals surface area contributed by atoms with Gasteiger partial charge in [0.2, 0.25) is 0 Å². The number of nitrogens with zero attached hydrogens (tertiary/aromatic N) is 1. The number of quaternary nitrogens is 1. The van der Waals surface area contributed by atoms with E-state index >= 15 is 0 Å². The first-order valence-electron chi connectivity index (χ1n) is 5.31. The van der Waals surface area contributed by atoms with Crippen LogP contribution in [0.25, 0.3) is 0 Å². The topological polar surface area (TPSA) is 121 Å². The number of esters is 1. The van der Waals surface area contributed by atoms with Crippen molar-refractivity contribution in [3.63, 3.8) is 0 Å². The molecule has 0 aliphatic heterocycles. The molecular formula is C10H21NO7S. The molecule has 8 nitrogen and oxygen atoms in total. The number of carboxylic acids is 1. The molecule has 9 heteroatoms. The Labute approximate surface area is 113 Å². The lowest BCUT2D eigenvalue weighted by Crippen LogP contribution is -2.43. The monoisotopic (exact) mass is 299 g/mol. The largest absolute Gasteiger partial charge is 0.748 e. The summed E-state index contributed by atoms with van der Waals surface area (Å²) in [6.45, 7) is 1.77. The van der Waals surface area contributed by atoms with E-state index in [0.717, 1.165) is 0 Å². The molecule has 0 aliphatic rings. The molecule has 0 saturated carbocycles. The SMILES string of the molecule is CC(=O)O[C@H](CC(=O)O)C[N+](C)(C)C.CS(=O)(=O)[O-]. The summed E-state index contributed by atoms with van der Waals surface area (Å²) in [5, 5.41) is 8.60. The first kappa shape index (κ1) is 20.1. The second kappa shape index (κ2) is 8.08. The van der Waals surface area contributed by atoms with E-state index in [-0.39, 0.29) is 6.42 Å². The smallest absolute Gasteiger partial charge is 0.307 e. The van der Waals surface area contributed by atoms with E-state index in [1.807, 2.05) is 21.1 Å². The molecule has 1 N–H and O–H groups in total. The van der Waals surface area contributed by atoms with Crippen LogP contribution in [0.5, 0.6) is 0 Å².